The number of H-pyrrole nitrogens is 1. The first-order valence-corrected chi connectivity index (χ1v) is 8.37. The molecule has 1 aliphatic rings. The Morgan fingerprint density at radius 1 is 1.48 bits per heavy atom. The van der Waals surface area contributed by atoms with Crippen molar-refractivity contribution in [2.75, 3.05) is 6.54 Å². The van der Waals surface area contributed by atoms with E-state index in [0.717, 1.165) is 5.69 Å². The summed E-state index contributed by atoms with van der Waals surface area (Å²) >= 11 is 0. The van der Waals surface area contributed by atoms with Crippen LogP contribution in [0.25, 0.3) is 0 Å². The molecule has 0 saturated carbocycles. The number of carbonyl (C=O) groups is 3. The Labute approximate surface area is 146 Å². The predicted molar refractivity (Wildman–Crippen MR) is 89.4 cm³/mol. The lowest BCUT2D eigenvalue weighted by molar-refractivity contribution is -0.150. The monoisotopic (exact) mass is 351 g/mol. The largest absolute Gasteiger partial charge is 0.480 e. The minimum absolute atomic E-state index is 0.189. The van der Waals surface area contributed by atoms with E-state index in [4.69, 9.17) is 5.73 Å². The fourth-order valence-corrected chi connectivity index (χ4v) is 2.97. The maximum atomic E-state index is 12.8. The van der Waals surface area contributed by atoms with Gasteiger partial charge in [-0.05, 0) is 18.8 Å². The smallest absolute Gasteiger partial charge is 0.326 e. The fourth-order valence-electron chi connectivity index (χ4n) is 2.97. The Kier molecular flexibility index (Phi) is 6.13. The Bertz CT molecular complexity index is 616. The number of aliphatic carboxylic acids is 1. The number of aromatic amines is 1. The van der Waals surface area contributed by atoms with Crippen molar-refractivity contribution in [3.63, 3.8) is 0 Å². The van der Waals surface area contributed by atoms with Crippen LogP contribution in [0.15, 0.2) is 12.5 Å². The van der Waals surface area contributed by atoms with Crippen LogP contribution < -0.4 is 11.1 Å². The summed E-state index contributed by atoms with van der Waals surface area (Å²) in [6, 6.07) is -2.46. The molecule has 0 radical (unpaired) electrons. The van der Waals surface area contributed by atoms with E-state index in [-0.39, 0.29) is 18.2 Å². The molecule has 1 aliphatic heterocycles. The van der Waals surface area contributed by atoms with E-state index in [1.54, 1.807) is 20.0 Å². The molecule has 9 heteroatoms. The van der Waals surface area contributed by atoms with Crippen LogP contribution in [-0.2, 0) is 20.8 Å². The number of carboxylic acids is 1. The highest BCUT2D eigenvalue weighted by Crippen LogP contribution is 2.20. The molecule has 2 rings (SSSR count). The third-order valence-corrected chi connectivity index (χ3v) is 4.38. The molecule has 1 saturated heterocycles. The molecule has 0 aromatic carbocycles. The summed E-state index contributed by atoms with van der Waals surface area (Å²) in [7, 11) is 0. The first kappa shape index (κ1) is 18.9. The zero-order valence-corrected chi connectivity index (χ0v) is 14.4. The molecule has 2 heterocycles. The number of carboxylic acid groups (broad SMARTS) is 1. The van der Waals surface area contributed by atoms with Crippen molar-refractivity contribution in [2.45, 2.75) is 51.2 Å². The summed E-state index contributed by atoms with van der Waals surface area (Å²) in [6.45, 7) is 3.99. The average Bonchev–Trinajstić information content (AvgIpc) is 3.22. The number of imidazole rings is 1. The van der Waals surface area contributed by atoms with E-state index < -0.39 is 30.0 Å². The minimum Gasteiger partial charge on any atom is -0.480 e. The average molecular weight is 351 g/mol. The molecule has 1 fully saturated rings. The molecule has 3 atom stereocenters. The number of nitrogens with zero attached hydrogens (tertiary/aromatic N) is 2. The second-order valence-corrected chi connectivity index (χ2v) is 6.65. The highest BCUT2D eigenvalue weighted by atomic mass is 16.4. The molecule has 0 aliphatic carbocycles. The fraction of sp³-hybridized carbons (Fsp3) is 0.625. The van der Waals surface area contributed by atoms with Crippen molar-refractivity contribution in [3.8, 4) is 0 Å². The lowest BCUT2D eigenvalue weighted by atomic mass is 10.0. The highest BCUT2D eigenvalue weighted by molar-refractivity contribution is 5.92. The Morgan fingerprint density at radius 3 is 2.76 bits per heavy atom. The van der Waals surface area contributed by atoms with Crippen LogP contribution in [0.3, 0.4) is 0 Å². The van der Waals surface area contributed by atoms with Gasteiger partial charge in [0, 0.05) is 24.9 Å². The van der Waals surface area contributed by atoms with Gasteiger partial charge in [0.2, 0.25) is 11.8 Å². The molecule has 0 spiro atoms. The van der Waals surface area contributed by atoms with Gasteiger partial charge in [-0.25, -0.2) is 9.78 Å². The van der Waals surface area contributed by atoms with Crippen molar-refractivity contribution < 1.29 is 19.5 Å². The quantitative estimate of drug-likeness (QED) is 0.521. The van der Waals surface area contributed by atoms with Crippen LogP contribution in [0.2, 0.25) is 0 Å². The van der Waals surface area contributed by atoms with Gasteiger partial charge in [-0.3, -0.25) is 9.59 Å². The zero-order chi connectivity index (χ0) is 18.6. The Morgan fingerprint density at radius 2 is 2.20 bits per heavy atom. The van der Waals surface area contributed by atoms with Gasteiger partial charge < -0.3 is 26.0 Å². The van der Waals surface area contributed by atoms with E-state index in [1.807, 2.05) is 0 Å². The molecule has 138 valence electrons. The van der Waals surface area contributed by atoms with Gasteiger partial charge >= 0.3 is 5.97 Å². The maximum Gasteiger partial charge on any atom is 0.326 e. The summed E-state index contributed by atoms with van der Waals surface area (Å²) in [4.78, 5) is 44.5. The molecule has 25 heavy (non-hydrogen) atoms. The molecule has 9 nitrogen and oxygen atoms in total. The predicted octanol–water partition coefficient (Wildman–Crippen LogP) is -0.504. The molecule has 1 aromatic heterocycles. The maximum absolute atomic E-state index is 12.8. The normalized spacial score (nSPS) is 19.7. The number of amides is 2. The lowest BCUT2D eigenvalue weighted by Crippen LogP contribution is -2.56. The zero-order valence-electron chi connectivity index (χ0n) is 14.4. The number of likely N-dealkylation sites (tertiary alicyclic amines) is 1. The molecule has 5 N–H and O–H groups in total. The first-order valence-electron chi connectivity index (χ1n) is 8.37. The van der Waals surface area contributed by atoms with Gasteiger partial charge in [-0.15, -0.1) is 0 Å². The van der Waals surface area contributed by atoms with Gasteiger partial charge in [0.05, 0.1) is 12.4 Å². The number of rotatable bonds is 7. The Balaban J connectivity index is 2.03. The number of aromatic nitrogens is 2. The SMILES string of the molecule is CC(C)C(NC(=O)C(N)Cc1cnc[nH]1)C(=O)N1CCCC1C(=O)O. The Hall–Kier alpha value is -2.42. The lowest BCUT2D eigenvalue weighted by Gasteiger charge is -2.30. The van der Waals surface area contributed by atoms with Gasteiger partial charge in [0.1, 0.15) is 12.1 Å². The van der Waals surface area contributed by atoms with Crippen molar-refractivity contribution in [1.29, 1.82) is 0 Å². The summed E-state index contributed by atoms with van der Waals surface area (Å²) in [5.74, 6) is -2.03. The van der Waals surface area contributed by atoms with E-state index in [2.05, 4.69) is 15.3 Å². The molecular weight excluding hydrogens is 326 g/mol. The van der Waals surface area contributed by atoms with Crippen LogP contribution in [0.4, 0.5) is 0 Å². The van der Waals surface area contributed by atoms with E-state index >= 15 is 0 Å². The molecule has 0 bridgehead atoms. The third kappa shape index (κ3) is 4.56. The molecule has 1 aromatic rings. The van der Waals surface area contributed by atoms with Gasteiger partial charge in [0.25, 0.3) is 0 Å². The third-order valence-electron chi connectivity index (χ3n) is 4.38. The number of carbonyl (C=O) groups excluding carboxylic acids is 2. The van der Waals surface area contributed by atoms with Crippen LogP contribution in [-0.4, -0.2) is 62.4 Å². The van der Waals surface area contributed by atoms with Crippen molar-refractivity contribution in [1.82, 2.24) is 20.2 Å². The highest BCUT2D eigenvalue weighted by Gasteiger charge is 2.38. The topological polar surface area (TPSA) is 141 Å². The van der Waals surface area contributed by atoms with Crippen molar-refractivity contribution in [3.05, 3.63) is 18.2 Å². The molecule has 3 unspecified atom stereocenters. The van der Waals surface area contributed by atoms with Gasteiger partial charge in [-0.2, -0.15) is 0 Å². The standard InChI is InChI=1S/C16H25N5O4/c1-9(2)13(15(23)21-5-3-4-12(21)16(24)25)20-14(22)11(17)6-10-7-18-8-19-10/h7-9,11-13H,3-6,17H2,1-2H3,(H,18,19)(H,20,22)(H,24,25). The van der Waals surface area contributed by atoms with Crippen LogP contribution in [0, 0.1) is 5.92 Å². The second kappa shape index (κ2) is 8.11. The minimum atomic E-state index is -1.02. The summed E-state index contributed by atoms with van der Waals surface area (Å²) in [5.41, 5.74) is 6.63. The van der Waals surface area contributed by atoms with E-state index in [9.17, 15) is 19.5 Å². The number of hydrogen-bond acceptors (Lipinski definition) is 5. The summed E-state index contributed by atoms with van der Waals surface area (Å²) in [5, 5.41) is 11.9. The van der Waals surface area contributed by atoms with E-state index in [0.29, 0.717) is 19.4 Å². The van der Waals surface area contributed by atoms with Crippen LogP contribution in [0.1, 0.15) is 32.4 Å². The second-order valence-electron chi connectivity index (χ2n) is 6.65. The molecule has 2 amide bonds. The van der Waals surface area contributed by atoms with Crippen LogP contribution >= 0.6 is 0 Å². The van der Waals surface area contributed by atoms with E-state index in [1.165, 1.54) is 11.2 Å². The van der Waals surface area contributed by atoms with Crippen molar-refractivity contribution >= 4 is 17.8 Å². The van der Waals surface area contributed by atoms with Crippen molar-refractivity contribution in [2.24, 2.45) is 11.7 Å². The molecular formula is C16H25N5O4. The number of nitrogens with one attached hydrogen (secondary N) is 2. The summed E-state index contributed by atoms with van der Waals surface area (Å²) in [6.07, 6.45) is 4.42. The van der Waals surface area contributed by atoms with Crippen LogP contribution in [0.5, 0.6) is 0 Å². The first-order chi connectivity index (χ1) is 11.8. The summed E-state index contributed by atoms with van der Waals surface area (Å²) < 4.78 is 0. The number of hydrogen-bond donors (Lipinski definition) is 4. The van der Waals surface area contributed by atoms with Gasteiger partial charge in [-0.1, -0.05) is 13.8 Å². The van der Waals surface area contributed by atoms with Gasteiger partial charge in [0.15, 0.2) is 0 Å². The number of nitrogens with two attached hydrogens (primary N) is 1.